The third-order valence-electron chi connectivity index (χ3n) is 5.99. The van der Waals surface area contributed by atoms with Crippen LogP contribution in [0.4, 0.5) is 13.2 Å². The molecule has 3 aromatic rings. The molecule has 1 saturated heterocycles. The van der Waals surface area contributed by atoms with Crippen LogP contribution in [0.5, 0.6) is 0 Å². The van der Waals surface area contributed by atoms with Crippen LogP contribution in [0, 0.1) is 17.5 Å². The van der Waals surface area contributed by atoms with Gasteiger partial charge in [-0.3, -0.25) is 0 Å². The lowest BCUT2D eigenvalue weighted by molar-refractivity contribution is -0.227. The molecule has 1 aliphatic heterocycles. The van der Waals surface area contributed by atoms with Crippen molar-refractivity contribution >= 4 is 22.4 Å². The second-order valence-electron chi connectivity index (χ2n) is 8.60. The van der Waals surface area contributed by atoms with Crippen LogP contribution in [-0.4, -0.2) is 32.2 Å². The van der Waals surface area contributed by atoms with Crippen LogP contribution in [-0.2, 0) is 33.5 Å². The lowest BCUT2D eigenvalue weighted by Gasteiger charge is -2.29. The number of hydrogen-bond donors (Lipinski definition) is 0. The first-order valence-electron chi connectivity index (χ1n) is 11.6. The molecule has 0 N–H and O–H groups in total. The van der Waals surface area contributed by atoms with Gasteiger partial charge in [-0.1, -0.05) is 48.9 Å². The molecule has 0 aliphatic carbocycles. The van der Waals surface area contributed by atoms with Gasteiger partial charge in [0.05, 0.1) is 13.2 Å². The summed E-state index contributed by atoms with van der Waals surface area (Å²) in [5.41, 5.74) is 2.01. The Morgan fingerprint density at radius 2 is 1.65 bits per heavy atom. The van der Waals surface area contributed by atoms with Crippen LogP contribution in [0.3, 0.4) is 0 Å². The Kier molecular flexibility index (Phi) is 8.48. The fourth-order valence-electron chi connectivity index (χ4n) is 4.12. The molecule has 3 aromatic carbocycles. The van der Waals surface area contributed by atoms with Gasteiger partial charge in [0.15, 0.2) is 6.29 Å². The summed E-state index contributed by atoms with van der Waals surface area (Å²) in [6.07, 6.45) is 2.77. The summed E-state index contributed by atoms with van der Waals surface area (Å²) in [6.45, 7) is 3.84. The Balaban J connectivity index is 1.35. The van der Waals surface area contributed by atoms with Gasteiger partial charge >= 0.3 is 0 Å². The highest BCUT2D eigenvalue weighted by atomic mass is 35.5. The second-order valence-corrected chi connectivity index (χ2v) is 8.97. The topological polar surface area (TPSA) is 27.7 Å². The average molecular weight is 493 g/mol. The molecule has 0 saturated carbocycles. The summed E-state index contributed by atoms with van der Waals surface area (Å²) >= 11 is 5.53. The van der Waals surface area contributed by atoms with Crippen LogP contribution < -0.4 is 0 Å². The van der Waals surface area contributed by atoms with E-state index in [1.54, 1.807) is 12.1 Å². The van der Waals surface area contributed by atoms with Crippen LogP contribution >= 0.6 is 11.6 Å². The van der Waals surface area contributed by atoms with E-state index in [9.17, 15) is 8.78 Å². The molecule has 0 bridgehead atoms. The SMILES string of the molecule is CCCOC1COC(CCc2ccc3c(F)c(CCc4cc(F)c(Cl)c(F)c4)ccc3c2)OC1. The first-order chi connectivity index (χ1) is 16.4. The molecule has 0 amide bonds. The van der Waals surface area contributed by atoms with Gasteiger partial charge in [0.2, 0.25) is 0 Å². The fraction of sp³-hybridized carbons (Fsp3) is 0.407. The van der Waals surface area contributed by atoms with Gasteiger partial charge in [0.1, 0.15) is 28.6 Å². The Morgan fingerprint density at radius 3 is 2.35 bits per heavy atom. The summed E-state index contributed by atoms with van der Waals surface area (Å²) in [6, 6.07) is 11.7. The van der Waals surface area contributed by atoms with E-state index < -0.39 is 16.7 Å². The van der Waals surface area contributed by atoms with E-state index in [0.29, 0.717) is 55.6 Å². The summed E-state index contributed by atoms with van der Waals surface area (Å²) < 4.78 is 59.6. The maximum atomic E-state index is 15.1. The maximum absolute atomic E-state index is 15.1. The van der Waals surface area contributed by atoms with Gasteiger partial charge in [0.25, 0.3) is 0 Å². The molecule has 3 nitrogen and oxygen atoms in total. The van der Waals surface area contributed by atoms with E-state index >= 15 is 4.39 Å². The van der Waals surface area contributed by atoms with Crippen molar-refractivity contribution in [1.82, 2.24) is 0 Å². The minimum absolute atomic E-state index is 0.00761. The fourth-order valence-corrected chi connectivity index (χ4v) is 4.23. The van der Waals surface area contributed by atoms with E-state index in [1.807, 2.05) is 18.2 Å². The number of aryl methyl sites for hydroxylation is 3. The third kappa shape index (κ3) is 6.11. The molecule has 1 fully saturated rings. The van der Waals surface area contributed by atoms with E-state index in [1.165, 1.54) is 12.1 Å². The lowest BCUT2D eigenvalue weighted by atomic mass is 9.98. The van der Waals surface area contributed by atoms with Crippen molar-refractivity contribution in [1.29, 1.82) is 0 Å². The number of hydrogen-bond acceptors (Lipinski definition) is 3. The highest BCUT2D eigenvalue weighted by Crippen LogP contribution is 2.26. The van der Waals surface area contributed by atoms with E-state index in [0.717, 1.165) is 23.8 Å². The Hall–Kier alpha value is -2.12. The number of ether oxygens (including phenoxy) is 3. The minimum Gasteiger partial charge on any atom is -0.373 e. The molecule has 1 aliphatic rings. The van der Waals surface area contributed by atoms with Crippen molar-refractivity contribution in [3.8, 4) is 0 Å². The summed E-state index contributed by atoms with van der Waals surface area (Å²) in [7, 11) is 0. The van der Waals surface area contributed by atoms with Gasteiger partial charge < -0.3 is 14.2 Å². The van der Waals surface area contributed by atoms with E-state index in [-0.39, 0.29) is 18.2 Å². The molecule has 0 spiro atoms. The predicted octanol–water partition coefficient (Wildman–Crippen LogP) is 6.80. The van der Waals surface area contributed by atoms with Crippen LogP contribution in [0.2, 0.25) is 5.02 Å². The zero-order chi connectivity index (χ0) is 24.1. The molecular weight excluding hydrogens is 465 g/mol. The Labute approximate surface area is 202 Å². The van der Waals surface area contributed by atoms with Crippen LogP contribution in [0.1, 0.15) is 36.5 Å². The molecule has 4 rings (SSSR count). The molecule has 182 valence electrons. The Bertz CT molecular complexity index is 1110. The smallest absolute Gasteiger partial charge is 0.158 e. The molecule has 0 aromatic heterocycles. The van der Waals surface area contributed by atoms with Crippen LogP contribution in [0.15, 0.2) is 42.5 Å². The van der Waals surface area contributed by atoms with Crippen molar-refractivity contribution < 1.29 is 27.4 Å². The van der Waals surface area contributed by atoms with Gasteiger partial charge in [-0.25, -0.2) is 13.2 Å². The summed E-state index contributed by atoms with van der Waals surface area (Å²) in [5.74, 6) is -1.93. The second kappa shape index (κ2) is 11.5. The highest BCUT2D eigenvalue weighted by Gasteiger charge is 2.22. The molecule has 7 heteroatoms. The van der Waals surface area contributed by atoms with Crippen molar-refractivity contribution in [3.63, 3.8) is 0 Å². The zero-order valence-corrected chi connectivity index (χ0v) is 19.8. The molecule has 0 radical (unpaired) electrons. The van der Waals surface area contributed by atoms with Crippen LogP contribution in [0.25, 0.3) is 10.8 Å². The largest absolute Gasteiger partial charge is 0.373 e. The maximum Gasteiger partial charge on any atom is 0.158 e. The number of rotatable bonds is 9. The zero-order valence-electron chi connectivity index (χ0n) is 19.1. The first-order valence-corrected chi connectivity index (χ1v) is 12.0. The number of halogens is 4. The van der Waals surface area contributed by atoms with Gasteiger partial charge in [-0.2, -0.15) is 0 Å². The minimum atomic E-state index is -0.808. The van der Waals surface area contributed by atoms with E-state index in [4.69, 9.17) is 25.8 Å². The number of benzene rings is 3. The molecule has 0 unspecified atom stereocenters. The van der Waals surface area contributed by atoms with Gasteiger partial charge in [0, 0.05) is 18.4 Å². The quantitative estimate of drug-likeness (QED) is 0.307. The number of fused-ring (bicyclic) bond motifs is 1. The van der Waals surface area contributed by atoms with Crippen molar-refractivity contribution in [2.75, 3.05) is 19.8 Å². The van der Waals surface area contributed by atoms with E-state index in [2.05, 4.69) is 6.92 Å². The first kappa shape index (κ1) is 25.0. The molecule has 0 atom stereocenters. The van der Waals surface area contributed by atoms with Gasteiger partial charge in [-0.05, 0) is 59.9 Å². The van der Waals surface area contributed by atoms with Crippen molar-refractivity contribution in [2.45, 2.75) is 51.4 Å². The third-order valence-corrected chi connectivity index (χ3v) is 6.35. The molecule has 34 heavy (non-hydrogen) atoms. The highest BCUT2D eigenvalue weighted by molar-refractivity contribution is 6.30. The standard InChI is InChI=1S/C27H28ClF3O3/c1-2-11-32-21-15-33-25(34-16-21)10-5-17-4-9-22-20(12-17)8-7-19(27(22)31)6-3-18-13-23(29)26(28)24(30)14-18/h4,7-9,12-14,21,25H,2-3,5-6,10-11,15-16H2,1H3. The average Bonchev–Trinajstić information content (AvgIpc) is 2.85. The molecule has 1 heterocycles. The van der Waals surface area contributed by atoms with Crippen molar-refractivity contribution in [2.24, 2.45) is 0 Å². The summed E-state index contributed by atoms with van der Waals surface area (Å²) in [5, 5.41) is 0.805. The predicted molar refractivity (Wildman–Crippen MR) is 127 cm³/mol. The van der Waals surface area contributed by atoms with Crippen molar-refractivity contribution in [3.05, 3.63) is 81.6 Å². The lowest BCUT2D eigenvalue weighted by Crippen LogP contribution is -2.37. The molecular formula is C27H28ClF3O3. The van der Waals surface area contributed by atoms with Gasteiger partial charge in [-0.15, -0.1) is 0 Å². The Morgan fingerprint density at radius 1 is 0.912 bits per heavy atom. The monoisotopic (exact) mass is 492 g/mol. The normalized spacial score (nSPS) is 18.5. The summed E-state index contributed by atoms with van der Waals surface area (Å²) in [4.78, 5) is 0.